The molecule has 124 valence electrons. The molecule has 0 unspecified atom stereocenters. The molecule has 1 aliphatic rings. The van der Waals surface area contributed by atoms with Crippen LogP contribution >= 0.6 is 0 Å². The van der Waals surface area contributed by atoms with Crippen molar-refractivity contribution < 1.29 is 15.0 Å². The van der Waals surface area contributed by atoms with Gasteiger partial charge in [0.1, 0.15) is 0 Å². The molecule has 0 aliphatic carbocycles. The van der Waals surface area contributed by atoms with E-state index in [2.05, 4.69) is 10.1 Å². The number of aryl methyl sites for hydroxylation is 3. The summed E-state index contributed by atoms with van der Waals surface area (Å²) in [5.41, 5.74) is 1.79. The van der Waals surface area contributed by atoms with Gasteiger partial charge in [-0.1, -0.05) is 0 Å². The summed E-state index contributed by atoms with van der Waals surface area (Å²) >= 11 is 0. The van der Waals surface area contributed by atoms with Gasteiger partial charge in [-0.25, -0.2) is 4.98 Å². The second-order valence-corrected chi connectivity index (χ2v) is 6.39. The standard InChI is InChI=1S/C16H22N4O3/c1-10-8-12(13-11(2)18-19(3)14(13)17-10)15(22)20-6-4-16(23,9-21)5-7-20/h8,21,23H,4-7,9H2,1-3H3. The molecule has 0 atom stereocenters. The SMILES string of the molecule is Cc1cc(C(=O)N2CCC(O)(CO)CC2)c2c(C)nn(C)c2n1. The molecule has 2 aromatic rings. The van der Waals surface area contributed by atoms with Crippen LogP contribution in [0, 0.1) is 13.8 Å². The molecule has 1 fully saturated rings. The minimum atomic E-state index is -1.06. The Hall–Kier alpha value is -1.99. The Morgan fingerprint density at radius 1 is 1.35 bits per heavy atom. The maximum atomic E-state index is 12.9. The summed E-state index contributed by atoms with van der Waals surface area (Å²) in [4.78, 5) is 19.1. The molecule has 2 N–H and O–H groups in total. The lowest BCUT2D eigenvalue weighted by Gasteiger charge is -2.37. The van der Waals surface area contributed by atoms with Crippen LogP contribution in [-0.2, 0) is 7.05 Å². The molecule has 3 rings (SSSR count). The summed E-state index contributed by atoms with van der Waals surface area (Å²) in [7, 11) is 1.82. The second-order valence-electron chi connectivity index (χ2n) is 6.39. The van der Waals surface area contributed by atoms with Gasteiger partial charge in [0.05, 0.1) is 28.9 Å². The first kappa shape index (κ1) is 15.9. The van der Waals surface area contributed by atoms with Crippen LogP contribution < -0.4 is 0 Å². The fraction of sp³-hybridized carbons (Fsp3) is 0.562. The minimum Gasteiger partial charge on any atom is -0.393 e. The summed E-state index contributed by atoms with van der Waals surface area (Å²) < 4.78 is 1.69. The smallest absolute Gasteiger partial charge is 0.254 e. The van der Waals surface area contributed by atoms with Gasteiger partial charge in [-0.3, -0.25) is 9.48 Å². The number of rotatable bonds is 2. The average molecular weight is 318 g/mol. The van der Waals surface area contributed by atoms with E-state index in [-0.39, 0.29) is 12.5 Å². The van der Waals surface area contributed by atoms with E-state index in [1.807, 2.05) is 20.9 Å². The first-order chi connectivity index (χ1) is 10.8. The summed E-state index contributed by atoms with van der Waals surface area (Å²) in [6.45, 7) is 4.32. The number of likely N-dealkylation sites (tertiary alicyclic amines) is 1. The maximum absolute atomic E-state index is 12.9. The first-order valence-corrected chi connectivity index (χ1v) is 7.78. The van der Waals surface area contributed by atoms with Gasteiger partial charge in [0.2, 0.25) is 0 Å². The largest absolute Gasteiger partial charge is 0.393 e. The zero-order valence-electron chi connectivity index (χ0n) is 13.7. The van der Waals surface area contributed by atoms with Crippen LogP contribution in [0.1, 0.15) is 34.6 Å². The number of hydrogen-bond donors (Lipinski definition) is 2. The number of aliphatic hydroxyl groups is 2. The Bertz CT molecular complexity index is 760. The molecule has 7 heteroatoms. The van der Waals surface area contributed by atoms with E-state index in [0.29, 0.717) is 37.1 Å². The van der Waals surface area contributed by atoms with Gasteiger partial charge in [-0.05, 0) is 32.8 Å². The van der Waals surface area contributed by atoms with E-state index in [1.54, 1.807) is 15.6 Å². The van der Waals surface area contributed by atoms with Gasteiger partial charge < -0.3 is 15.1 Å². The topological polar surface area (TPSA) is 91.5 Å². The number of piperidine rings is 1. The quantitative estimate of drug-likeness (QED) is 0.843. The Morgan fingerprint density at radius 2 is 2.00 bits per heavy atom. The van der Waals surface area contributed by atoms with Crippen LogP contribution in [0.25, 0.3) is 11.0 Å². The van der Waals surface area contributed by atoms with E-state index in [4.69, 9.17) is 0 Å². The van der Waals surface area contributed by atoms with Gasteiger partial charge in [0, 0.05) is 25.8 Å². The second kappa shape index (κ2) is 5.58. The van der Waals surface area contributed by atoms with Crippen molar-refractivity contribution in [1.29, 1.82) is 0 Å². The minimum absolute atomic E-state index is 0.0726. The number of carbonyl (C=O) groups excluding carboxylic acids is 1. The number of amides is 1. The molecular formula is C16H22N4O3. The van der Waals surface area contributed by atoms with Crippen LogP contribution in [0.2, 0.25) is 0 Å². The fourth-order valence-electron chi connectivity index (χ4n) is 3.19. The number of hydrogen-bond acceptors (Lipinski definition) is 5. The van der Waals surface area contributed by atoms with Crippen molar-refractivity contribution in [1.82, 2.24) is 19.7 Å². The molecule has 0 aromatic carbocycles. The summed E-state index contributed by atoms with van der Waals surface area (Å²) in [5.74, 6) is -0.0726. The molecule has 0 radical (unpaired) electrons. The highest BCUT2D eigenvalue weighted by atomic mass is 16.3. The Balaban J connectivity index is 1.96. The predicted molar refractivity (Wildman–Crippen MR) is 85.2 cm³/mol. The van der Waals surface area contributed by atoms with Crippen molar-refractivity contribution >= 4 is 16.9 Å². The molecule has 2 aromatic heterocycles. The molecule has 23 heavy (non-hydrogen) atoms. The highest BCUT2D eigenvalue weighted by molar-refractivity contribution is 6.06. The molecule has 0 spiro atoms. The van der Waals surface area contributed by atoms with E-state index in [1.165, 1.54) is 0 Å². The molecule has 7 nitrogen and oxygen atoms in total. The van der Waals surface area contributed by atoms with Gasteiger partial charge in [-0.15, -0.1) is 0 Å². The van der Waals surface area contributed by atoms with E-state index >= 15 is 0 Å². The van der Waals surface area contributed by atoms with Crippen LogP contribution in [-0.4, -0.2) is 61.1 Å². The number of carbonyl (C=O) groups is 1. The third-order valence-electron chi connectivity index (χ3n) is 4.60. The fourth-order valence-corrected chi connectivity index (χ4v) is 3.19. The first-order valence-electron chi connectivity index (χ1n) is 7.78. The highest BCUT2D eigenvalue weighted by Crippen LogP contribution is 2.26. The Kier molecular flexibility index (Phi) is 3.85. The maximum Gasteiger partial charge on any atom is 0.254 e. The Labute approximate surface area is 134 Å². The number of nitrogens with zero attached hydrogens (tertiary/aromatic N) is 4. The Morgan fingerprint density at radius 3 is 2.61 bits per heavy atom. The highest BCUT2D eigenvalue weighted by Gasteiger charge is 2.34. The van der Waals surface area contributed by atoms with Crippen molar-refractivity contribution in [2.75, 3.05) is 19.7 Å². The van der Waals surface area contributed by atoms with E-state index < -0.39 is 5.60 Å². The van der Waals surface area contributed by atoms with Gasteiger partial charge in [0.25, 0.3) is 5.91 Å². The van der Waals surface area contributed by atoms with Crippen molar-refractivity contribution in [3.8, 4) is 0 Å². The van der Waals surface area contributed by atoms with Gasteiger partial charge >= 0.3 is 0 Å². The number of pyridine rings is 1. The third kappa shape index (κ3) is 2.70. The van der Waals surface area contributed by atoms with Crippen molar-refractivity contribution in [2.24, 2.45) is 7.05 Å². The van der Waals surface area contributed by atoms with Crippen molar-refractivity contribution in [3.05, 3.63) is 23.0 Å². The molecule has 3 heterocycles. The molecular weight excluding hydrogens is 296 g/mol. The van der Waals surface area contributed by atoms with Crippen molar-refractivity contribution in [2.45, 2.75) is 32.3 Å². The molecule has 0 bridgehead atoms. The number of aliphatic hydroxyl groups excluding tert-OH is 1. The van der Waals surface area contributed by atoms with Crippen LogP contribution in [0.3, 0.4) is 0 Å². The molecule has 1 saturated heterocycles. The van der Waals surface area contributed by atoms with Gasteiger partial charge in [-0.2, -0.15) is 5.10 Å². The van der Waals surface area contributed by atoms with Crippen LogP contribution in [0.15, 0.2) is 6.07 Å². The third-order valence-corrected chi connectivity index (χ3v) is 4.60. The van der Waals surface area contributed by atoms with Crippen molar-refractivity contribution in [3.63, 3.8) is 0 Å². The molecule has 0 saturated carbocycles. The number of fused-ring (bicyclic) bond motifs is 1. The summed E-state index contributed by atoms with van der Waals surface area (Å²) in [6.07, 6.45) is 0.767. The lowest BCUT2D eigenvalue weighted by Crippen LogP contribution is -2.48. The number of aromatic nitrogens is 3. The zero-order valence-corrected chi connectivity index (χ0v) is 13.7. The molecule has 1 amide bonds. The van der Waals surface area contributed by atoms with Gasteiger partial charge in [0.15, 0.2) is 5.65 Å². The molecule has 1 aliphatic heterocycles. The zero-order chi connectivity index (χ0) is 16.8. The summed E-state index contributed by atoms with van der Waals surface area (Å²) in [6, 6.07) is 1.80. The van der Waals surface area contributed by atoms with E-state index in [9.17, 15) is 15.0 Å². The lowest BCUT2D eigenvalue weighted by molar-refractivity contribution is -0.0546. The van der Waals surface area contributed by atoms with Crippen LogP contribution in [0.4, 0.5) is 0 Å². The lowest BCUT2D eigenvalue weighted by atomic mass is 9.92. The predicted octanol–water partition coefficient (Wildman–Crippen LogP) is 0.545. The van der Waals surface area contributed by atoms with E-state index in [0.717, 1.165) is 16.8 Å². The van der Waals surface area contributed by atoms with Crippen LogP contribution in [0.5, 0.6) is 0 Å². The average Bonchev–Trinajstić information content (AvgIpc) is 2.81. The monoisotopic (exact) mass is 318 g/mol. The summed E-state index contributed by atoms with van der Waals surface area (Å²) in [5, 5.41) is 24.5. The normalized spacial score (nSPS) is 17.7.